The van der Waals surface area contributed by atoms with Gasteiger partial charge in [0.2, 0.25) is 5.91 Å². The normalized spacial score (nSPS) is 15.2. The zero-order valence-corrected chi connectivity index (χ0v) is 14.0. The third kappa shape index (κ3) is 3.28. The highest BCUT2D eigenvalue weighted by Crippen LogP contribution is 2.48. The zero-order valence-electron chi connectivity index (χ0n) is 14.0. The molecule has 5 nitrogen and oxygen atoms in total. The van der Waals surface area contributed by atoms with Gasteiger partial charge in [-0.25, -0.2) is 5.48 Å². The molecular weight excluding hydrogens is 314 g/mol. The smallest absolute Gasteiger partial charge is 0.243 e. The van der Waals surface area contributed by atoms with E-state index in [0.29, 0.717) is 12.3 Å². The quantitative estimate of drug-likeness (QED) is 0.395. The standard InChI is InChI=1S/C20H21N3O2/c24-19(22-25)8-4-2-6-15-11-12-23(21-15)13-18-17-10-9-14-5-1-3-7-16(14)20(17)18/h1,3,5,7,9-12,18,25H,2,4,6,8,13H2,(H,22,24). The molecule has 4 rings (SSSR count). The predicted octanol–water partition coefficient (Wildman–Crippen LogP) is 3.40. The number of fused-ring (bicyclic) bond motifs is 3. The lowest BCUT2D eigenvalue weighted by molar-refractivity contribution is -0.129. The van der Waals surface area contributed by atoms with Gasteiger partial charge in [0, 0.05) is 18.5 Å². The molecule has 2 aromatic carbocycles. The molecule has 1 aliphatic carbocycles. The van der Waals surface area contributed by atoms with Gasteiger partial charge in [0.1, 0.15) is 0 Å². The van der Waals surface area contributed by atoms with Crippen molar-refractivity contribution in [2.24, 2.45) is 0 Å². The Morgan fingerprint density at radius 1 is 1.16 bits per heavy atom. The molecule has 0 radical (unpaired) electrons. The van der Waals surface area contributed by atoms with Gasteiger partial charge in [-0.2, -0.15) is 5.10 Å². The van der Waals surface area contributed by atoms with Gasteiger partial charge in [-0.1, -0.05) is 36.4 Å². The van der Waals surface area contributed by atoms with E-state index >= 15 is 0 Å². The summed E-state index contributed by atoms with van der Waals surface area (Å²) in [5.74, 6) is 0.144. The second-order valence-electron chi connectivity index (χ2n) is 6.61. The molecule has 25 heavy (non-hydrogen) atoms. The molecule has 0 saturated carbocycles. The van der Waals surface area contributed by atoms with Gasteiger partial charge < -0.3 is 0 Å². The van der Waals surface area contributed by atoms with Gasteiger partial charge in [0.25, 0.3) is 0 Å². The van der Waals surface area contributed by atoms with Gasteiger partial charge in [-0.3, -0.25) is 14.7 Å². The lowest BCUT2D eigenvalue weighted by Gasteiger charge is -2.00. The molecular formula is C20H21N3O2. The van der Waals surface area contributed by atoms with E-state index in [1.165, 1.54) is 21.9 Å². The summed E-state index contributed by atoms with van der Waals surface area (Å²) in [6.07, 6.45) is 4.88. The number of nitrogens with zero attached hydrogens (tertiary/aromatic N) is 2. The summed E-state index contributed by atoms with van der Waals surface area (Å²) in [6.45, 7) is 0.885. The summed E-state index contributed by atoms with van der Waals surface area (Å²) in [4.78, 5) is 11.0. The lowest BCUT2D eigenvalue weighted by Crippen LogP contribution is -2.17. The highest BCUT2D eigenvalue weighted by molar-refractivity contribution is 5.92. The Morgan fingerprint density at radius 2 is 2.04 bits per heavy atom. The number of hydroxylamine groups is 1. The van der Waals surface area contributed by atoms with Crippen LogP contribution in [0.4, 0.5) is 0 Å². The van der Waals surface area contributed by atoms with Crippen molar-refractivity contribution < 1.29 is 10.0 Å². The molecule has 1 amide bonds. The Kier molecular flexibility index (Phi) is 4.24. The highest BCUT2D eigenvalue weighted by atomic mass is 16.5. The van der Waals surface area contributed by atoms with Crippen LogP contribution in [0.25, 0.3) is 10.8 Å². The Bertz CT molecular complexity index is 916. The third-order valence-electron chi connectivity index (χ3n) is 4.92. The molecule has 5 heteroatoms. The fourth-order valence-corrected chi connectivity index (χ4v) is 3.57. The molecule has 3 aromatic rings. The average molecular weight is 335 g/mol. The Hall–Kier alpha value is -2.66. The van der Waals surface area contributed by atoms with E-state index in [0.717, 1.165) is 31.5 Å². The number of nitrogens with one attached hydrogen (secondary N) is 1. The lowest BCUT2D eigenvalue weighted by atomic mass is 10.1. The summed E-state index contributed by atoms with van der Waals surface area (Å²) < 4.78 is 2.02. The predicted molar refractivity (Wildman–Crippen MR) is 95.5 cm³/mol. The van der Waals surface area contributed by atoms with Crippen molar-refractivity contribution in [2.75, 3.05) is 0 Å². The fraction of sp³-hybridized carbons (Fsp3) is 0.300. The number of unbranched alkanes of at least 4 members (excludes halogenated alkanes) is 1. The topological polar surface area (TPSA) is 67.2 Å². The molecule has 1 heterocycles. The molecule has 0 bridgehead atoms. The van der Waals surface area contributed by atoms with Crippen molar-refractivity contribution in [1.82, 2.24) is 15.3 Å². The summed E-state index contributed by atoms with van der Waals surface area (Å²) in [7, 11) is 0. The number of hydrogen-bond acceptors (Lipinski definition) is 3. The third-order valence-corrected chi connectivity index (χ3v) is 4.92. The minimum Gasteiger partial charge on any atom is -0.289 e. The van der Waals surface area contributed by atoms with Crippen molar-refractivity contribution in [1.29, 1.82) is 0 Å². The zero-order chi connectivity index (χ0) is 17.2. The average Bonchev–Trinajstić information content (AvgIpc) is 3.16. The van der Waals surface area contributed by atoms with Gasteiger partial charge in [0.05, 0.1) is 12.2 Å². The highest BCUT2D eigenvalue weighted by Gasteiger charge is 2.34. The minimum absolute atomic E-state index is 0.329. The first kappa shape index (κ1) is 15.8. The van der Waals surface area contributed by atoms with Crippen LogP contribution < -0.4 is 5.48 Å². The van der Waals surface area contributed by atoms with E-state index in [1.54, 1.807) is 5.48 Å². The van der Waals surface area contributed by atoms with Crippen molar-refractivity contribution in [2.45, 2.75) is 38.1 Å². The molecule has 128 valence electrons. The van der Waals surface area contributed by atoms with Crippen LogP contribution >= 0.6 is 0 Å². The van der Waals surface area contributed by atoms with Gasteiger partial charge in [-0.05, 0) is 47.2 Å². The first-order valence-corrected chi connectivity index (χ1v) is 8.73. The molecule has 2 N–H and O–H groups in total. The van der Waals surface area contributed by atoms with Crippen molar-refractivity contribution >= 4 is 16.7 Å². The van der Waals surface area contributed by atoms with Crippen LogP contribution in [-0.2, 0) is 17.8 Å². The van der Waals surface area contributed by atoms with Gasteiger partial charge in [-0.15, -0.1) is 0 Å². The summed E-state index contributed by atoms with van der Waals surface area (Å²) in [6, 6.07) is 15.0. The van der Waals surface area contributed by atoms with Crippen molar-refractivity contribution in [3.63, 3.8) is 0 Å². The van der Waals surface area contributed by atoms with E-state index in [2.05, 4.69) is 47.6 Å². The van der Waals surface area contributed by atoms with Crippen LogP contribution in [0.2, 0.25) is 0 Å². The van der Waals surface area contributed by atoms with E-state index in [-0.39, 0.29) is 5.91 Å². The van der Waals surface area contributed by atoms with Crippen LogP contribution in [-0.4, -0.2) is 20.9 Å². The van der Waals surface area contributed by atoms with Crippen LogP contribution in [0.5, 0.6) is 0 Å². The maximum atomic E-state index is 11.0. The van der Waals surface area contributed by atoms with E-state index in [4.69, 9.17) is 5.21 Å². The SMILES string of the molecule is O=C(CCCCc1ccn(CC2c3ccc4ccccc4c32)n1)NO. The monoisotopic (exact) mass is 335 g/mol. The van der Waals surface area contributed by atoms with Crippen LogP contribution in [0.3, 0.4) is 0 Å². The first-order valence-electron chi connectivity index (χ1n) is 8.73. The molecule has 1 aromatic heterocycles. The molecule has 0 spiro atoms. The van der Waals surface area contributed by atoms with Gasteiger partial charge in [0.15, 0.2) is 0 Å². The van der Waals surface area contributed by atoms with E-state index in [9.17, 15) is 4.79 Å². The number of aromatic nitrogens is 2. The summed E-state index contributed by atoms with van der Waals surface area (Å²) >= 11 is 0. The number of amides is 1. The minimum atomic E-state index is -0.329. The molecule has 0 fully saturated rings. The number of aryl methyl sites for hydroxylation is 1. The molecule has 1 aliphatic rings. The maximum absolute atomic E-state index is 11.0. The molecule has 0 saturated heterocycles. The Labute approximate surface area is 146 Å². The number of hydrogen-bond donors (Lipinski definition) is 2. The second-order valence-corrected chi connectivity index (χ2v) is 6.61. The second kappa shape index (κ2) is 6.69. The number of carbonyl (C=O) groups excluding carboxylic acids is 1. The van der Waals surface area contributed by atoms with Crippen LogP contribution in [0, 0.1) is 0 Å². The van der Waals surface area contributed by atoms with Gasteiger partial charge >= 0.3 is 0 Å². The van der Waals surface area contributed by atoms with Crippen LogP contribution in [0.15, 0.2) is 48.7 Å². The van der Waals surface area contributed by atoms with E-state index in [1.807, 2.05) is 10.9 Å². The Morgan fingerprint density at radius 3 is 2.92 bits per heavy atom. The molecule has 0 aliphatic heterocycles. The fourth-order valence-electron chi connectivity index (χ4n) is 3.57. The molecule has 1 unspecified atom stereocenters. The maximum Gasteiger partial charge on any atom is 0.243 e. The number of carbonyl (C=O) groups is 1. The number of rotatable bonds is 7. The van der Waals surface area contributed by atoms with Crippen LogP contribution in [0.1, 0.15) is 42.0 Å². The summed E-state index contributed by atoms with van der Waals surface area (Å²) in [5, 5.41) is 15.8. The van der Waals surface area contributed by atoms with Crippen molar-refractivity contribution in [3.8, 4) is 0 Å². The number of benzene rings is 2. The summed E-state index contributed by atoms with van der Waals surface area (Å²) in [5.41, 5.74) is 5.61. The van der Waals surface area contributed by atoms with Crippen molar-refractivity contribution in [3.05, 3.63) is 65.5 Å². The largest absolute Gasteiger partial charge is 0.289 e. The van der Waals surface area contributed by atoms with E-state index < -0.39 is 0 Å². The molecule has 1 atom stereocenters. The first-order chi connectivity index (χ1) is 12.3. The Balaban J connectivity index is 1.34.